The van der Waals surface area contributed by atoms with E-state index < -0.39 is 5.97 Å². The van der Waals surface area contributed by atoms with Crippen molar-refractivity contribution < 1.29 is 23.8 Å². The van der Waals surface area contributed by atoms with Gasteiger partial charge in [0.05, 0.1) is 11.3 Å². The van der Waals surface area contributed by atoms with Crippen LogP contribution < -0.4 is 14.4 Å². The molecule has 0 spiro atoms. The molecule has 4 rings (SSSR count). The largest absolute Gasteiger partial charge is 0.486 e. The molecule has 0 atom stereocenters. The Morgan fingerprint density at radius 2 is 1.88 bits per heavy atom. The SMILES string of the molecule is O=C(OCC(=O)N1CCSc2ccccc21)c1ccc2c(c1)OCCO2. The van der Waals surface area contributed by atoms with Gasteiger partial charge in [0.25, 0.3) is 5.91 Å². The van der Waals surface area contributed by atoms with Crippen molar-refractivity contribution in [3.8, 4) is 11.5 Å². The molecule has 0 saturated carbocycles. The summed E-state index contributed by atoms with van der Waals surface area (Å²) in [5.74, 6) is 1.14. The highest BCUT2D eigenvalue weighted by Crippen LogP contribution is 2.34. The molecule has 6 nitrogen and oxygen atoms in total. The van der Waals surface area contributed by atoms with Crippen LogP contribution in [0.3, 0.4) is 0 Å². The number of nitrogens with zero attached hydrogens (tertiary/aromatic N) is 1. The number of amides is 1. The molecule has 0 radical (unpaired) electrons. The molecule has 0 aromatic heterocycles. The van der Waals surface area contributed by atoms with Crippen LogP contribution in [0.5, 0.6) is 11.5 Å². The zero-order chi connectivity index (χ0) is 17.9. The van der Waals surface area contributed by atoms with Gasteiger partial charge in [-0.05, 0) is 30.3 Å². The maximum Gasteiger partial charge on any atom is 0.338 e. The number of esters is 1. The summed E-state index contributed by atoms with van der Waals surface area (Å²) in [5, 5.41) is 0. The predicted octanol–water partition coefficient (Wildman–Crippen LogP) is 2.75. The van der Waals surface area contributed by atoms with Crippen LogP contribution in [0.2, 0.25) is 0 Å². The molecular weight excluding hydrogens is 354 g/mol. The zero-order valence-corrected chi connectivity index (χ0v) is 14.8. The van der Waals surface area contributed by atoms with Crippen LogP contribution in [0.1, 0.15) is 10.4 Å². The highest BCUT2D eigenvalue weighted by atomic mass is 32.2. The molecule has 2 aliphatic rings. The fraction of sp³-hybridized carbons (Fsp3) is 0.263. The average molecular weight is 371 g/mol. The fourth-order valence-corrected chi connectivity index (χ4v) is 3.88. The van der Waals surface area contributed by atoms with Gasteiger partial charge in [0.1, 0.15) is 13.2 Å². The minimum atomic E-state index is -0.560. The smallest absolute Gasteiger partial charge is 0.338 e. The first-order valence-corrected chi connectivity index (χ1v) is 9.30. The first kappa shape index (κ1) is 16.8. The highest BCUT2D eigenvalue weighted by molar-refractivity contribution is 7.99. The molecule has 26 heavy (non-hydrogen) atoms. The van der Waals surface area contributed by atoms with Crippen LogP contribution >= 0.6 is 11.8 Å². The minimum absolute atomic E-state index is 0.233. The van der Waals surface area contributed by atoms with Crippen molar-refractivity contribution in [2.45, 2.75) is 4.90 Å². The number of hydrogen-bond donors (Lipinski definition) is 0. The second-order valence-electron chi connectivity index (χ2n) is 5.80. The average Bonchev–Trinajstić information content (AvgIpc) is 2.71. The minimum Gasteiger partial charge on any atom is -0.486 e. The summed E-state index contributed by atoms with van der Waals surface area (Å²) in [7, 11) is 0. The number of fused-ring (bicyclic) bond motifs is 2. The van der Waals surface area contributed by atoms with Gasteiger partial charge in [0.2, 0.25) is 0 Å². The Kier molecular flexibility index (Phi) is 4.71. The van der Waals surface area contributed by atoms with Crippen molar-refractivity contribution in [1.29, 1.82) is 0 Å². The van der Waals surface area contributed by atoms with E-state index in [1.54, 1.807) is 34.9 Å². The van der Waals surface area contributed by atoms with Gasteiger partial charge in [-0.3, -0.25) is 4.79 Å². The number of hydrogen-bond acceptors (Lipinski definition) is 6. The van der Waals surface area contributed by atoms with E-state index in [1.165, 1.54) is 0 Å². The first-order chi connectivity index (χ1) is 12.7. The van der Waals surface area contributed by atoms with Crippen LogP contribution in [-0.2, 0) is 9.53 Å². The summed E-state index contributed by atoms with van der Waals surface area (Å²) >= 11 is 1.72. The van der Waals surface area contributed by atoms with Gasteiger partial charge in [0, 0.05) is 17.2 Å². The Morgan fingerprint density at radius 3 is 2.77 bits per heavy atom. The molecule has 2 aromatic carbocycles. The summed E-state index contributed by atoms with van der Waals surface area (Å²) in [4.78, 5) is 27.5. The number of anilines is 1. The summed E-state index contributed by atoms with van der Waals surface area (Å²) in [6.07, 6.45) is 0. The van der Waals surface area contributed by atoms with E-state index in [-0.39, 0.29) is 12.5 Å². The van der Waals surface area contributed by atoms with Gasteiger partial charge in [-0.15, -0.1) is 11.8 Å². The van der Waals surface area contributed by atoms with Crippen LogP contribution in [0.25, 0.3) is 0 Å². The van der Waals surface area contributed by atoms with Gasteiger partial charge in [-0.2, -0.15) is 0 Å². The number of para-hydroxylation sites is 1. The van der Waals surface area contributed by atoms with Crippen LogP contribution in [0.4, 0.5) is 5.69 Å². The predicted molar refractivity (Wildman–Crippen MR) is 97.2 cm³/mol. The molecular formula is C19H17NO5S. The second kappa shape index (κ2) is 7.29. The lowest BCUT2D eigenvalue weighted by atomic mass is 10.2. The highest BCUT2D eigenvalue weighted by Gasteiger charge is 2.24. The third kappa shape index (κ3) is 3.35. The molecule has 7 heteroatoms. The lowest BCUT2D eigenvalue weighted by Gasteiger charge is -2.28. The number of benzene rings is 2. The van der Waals surface area contributed by atoms with Crippen molar-refractivity contribution in [3.05, 3.63) is 48.0 Å². The van der Waals surface area contributed by atoms with Crippen molar-refractivity contribution in [3.63, 3.8) is 0 Å². The van der Waals surface area contributed by atoms with Crippen molar-refractivity contribution in [2.75, 3.05) is 37.0 Å². The normalized spacial score (nSPS) is 15.2. The molecule has 0 fully saturated rings. The van der Waals surface area contributed by atoms with E-state index in [0.717, 1.165) is 16.3 Å². The van der Waals surface area contributed by atoms with E-state index in [0.29, 0.717) is 36.8 Å². The molecule has 2 aliphatic heterocycles. The van der Waals surface area contributed by atoms with Gasteiger partial charge in [0.15, 0.2) is 18.1 Å². The Morgan fingerprint density at radius 1 is 1.08 bits per heavy atom. The first-order valence-electron chi connectivity index (χ1n) is 8.31. The number of ether oxygens (including phenoxy) is 3. The van der Waals surface area contributed by atoms with Gasteiger partial charge in [-0.25, -0.2) is 4.79 Å². The number of rotatable bonds is 3. The molecule has 0 saturated heterocycles. The second-order valence-corrected chi connectivity index (χ2v) is 6.93. The molecule has 0 N–H and O–H groups in total. The lowest BCUT2D eigenvalue weighted by Crippen LogP contribution is -2.38. The van der Waals surface area contributed by atoms with E-state index in [1.807, 2.05) is 24.3 Å². The zero-order valence-electron chi connectivity index (χ0n) is 14.0. The van der Waals surface area contributed by atoms with Gasteiger partial charge >= 0.3 is 5.97 Å². The number of carbonyl (C=O) groups excluding carboxylic acids is 2. The Bertz CT molecular complexity index is 854. The molecule has 134 valence electrons. The molecule has 0 aliphatic carbocycles. The van der Waals surface area contributed by atoms with Crippen molar-refractivity contribution >= 4 is 29.3 Å². The third-order valence-corrected chi connectivity index (χ3v) is 5.18. The molecule has 0 unspecified atom stereocenters. The van der Waals surface area contributed by atoms with E-state index in [9.17, 15) is 9.59 Å². The third-order valence-electron chi connectivity index (χ3n) is 4.13. The maximum absolute atomic E-state index is 12.5. The summed E-state index contributed by atoms with van der Waals surface area (Å²) in [6.45, 7) is 1.23. The van der Waals surface area contributed by atoms with Gasteiger partial charge in [-0.1, -0.05) is 12.1 Å². The Hall–Kier alpha value is -2.67. The Balaban J connectivity index is 1.41. The summed E-state index contributed by atoms with van der Waals surface area (Å²) in [6, 6.07) is 12.6. The van der Waals surface area contributed by atoms with E-state index in [2.05, 4.69) is 0 Å². The van der Waals surface area contributed by atoms with E-state index >= 15 is 0 Å². The molecule has 0 bridgehead atoms. The summed E-state index contributed by atoms with van der Waals surface area (Å²) in [5.41, 5.74) is 1.20. The van der Waals surface area contributed by atoms with E-state index in [4.69, 9.17) is 14.2 Å². The van der Waals surface area contributed by atoms with Crippen LogP contribution in [0.15, 0.2) is 47.4 Å². The number of carbonyl (C=O) groups is 2. The van der Waals surface area contributed by atoms with Crippen LogP contribution in [0, 0.1) is 0 Å². The number of thioether (sulfide) groups is 1. The van der Waals surface area contributed by atoms with Crippen molar-refractivity contribution in [2.24, 2.45) is 0 Å². The van der Waals surface area contributed by atoms with Gasteiger partial charge < -0.3 is 19.1 Å². The summed E-state index contributed by atoms with van der Waals surface area (Å²) < 4.78 is 16.1. The van der Waals surface area contributed by atoms with Crippen LogP contribution in [-0.4, -0.2) is 44.0 Å². The quantitative estimate of drug-likeness (QED) is 0.773. The molecule has 1 amide bonds. The topological polar surface area (TPSA) is 65.1 Å². The molecule has 2 aromatic rings. The Labute approximate surface area is 155 Å². The standard InChI is InChI=1S/C19H17NO5S/c21-18(20-7-10-26-17-4-2-1-3-14(17)20)12-25-19(22)13-5-6-15-16(11-13)24-9-8-23-15/h1-6,11H,7-10,12H2. The lowest BCUT2D eigenvalue weighted by molar-refractivity contribution is -0.121. The van der Waals surface area contributed by atoms with Crippen molar-refractivity contribution in [1.82, 2.24) is 0 Å². The maximum atomic E-state index is 12.5. The molecule has 2 heterocycles. The fourth-order valence-electron chi connectivity index (χ4n) is 2.89. The monoisotopic (exact) mass is 371 g/mol.